The molecule has 0 saturated heterocycles. The number of hydrogen-bond acceptors (Lipinski definition) is 5. The van der Waals surface area contributed by atoms with E-state index in [0.29, 0.717) is 18.9 Å². The summed E-state index contributed by atoms with van der Waals surface area (Å²) in [5, 5.41) is 3.60. The normalized spacial score (nSPS) is 11.5. The molecule has 7 heteroatoms. The number of nitrogens with zero attached hydrogens (tertiary/aromatic N) is 1. The second-order valence-electron chi connectivity index (χ2n) is 5.21. The summed E-state index contributed by atoms with van der Waals surface area (Å²) in [5.74, 6) is 0.542. The number of ether oxygens (including phenoxy) is 1. The van der Waals surface area contributed by atoms with Gasteiger partial charge in [0.05, 0.1) is 6.04 Å². The summed E-state index contributed by atoms with van der Waals surface area (Å²) in [7, 11) is 0. The van der Waals surface area contributed by atoms with Crippen LogP contribution in [-0.2, 0) is 13.0 Å². The zero-order valence-corrected chi connectivity index (χ0v) is 13.7. The Kier molecular flexibility index (Phi) is 6.17. The van der Waals surface area contributed by atoms with Gasteiger partial charge >= 0.3 is 5.76 Å². The lowest BCUT2D eigenvalue weighted by Crippen LogP contribution is -2.16. The Balaban J connectivity index is 0.00000208. The van der Waals surface area contributed by atoms with Gasteiger partial charge in [-0.1, -0.05) is 47.6 Å². The number of H-pyrrole nitrogens is 1. The average Bonchev–Trinajstić information content (AvgIpc) is 3.02. The molecule has 24 heavy (non-hydrogen) atoms. The van der Waals surface area contributed by atoms with Crippen LogP contribution in [0.1, 0.15) is 23.0 Å². The van der Waals surface area contributed by atoms with Crippen molar-refractivity contribution in [3.8, 4) is 5.75 Å². The molecule has 1 aromatic heterocycles. The molecule has 3 rings (SSSR count). The smallest absolute Gasteiger partial charge is 0.438 e. The Morgan fingerprint density at radius 1 is 1.08 bits per heavy atom. The second-order valence-corrected chi connectivity index (χ2v) is 5.21. The molecule has 0 fully saturated rings. The zero-order valence-electron chi connectivity index (χ0n) is 12.8. The van der Waals surface area contributed by atoms with E-state index in [1.54, 1.807) is 0 Å². The molecule has 6 nitrogen and oxygen atoms in total. The van der Waals surface area contributed by atoms with Crippen LogP contribution in [0.15, 0.2) is 63.9 Å². The van der Waals surface area contributed by atoms with E-state index in [1.807, 2.05) is 54.6 Å². The van der Waals surface area contributed by atoms with Gasteiger partial charge in [-0.05, 0) is 29.7 Å². The van der Waals surface area contributed by atoms with Crippen LogP contribution in [0.5, 0.6) is 5.75 Å². The first-order valence-corrected chi connectivity index (χ1v) is 7.28. The lowest BCUT2D eigenvalue weighted by molar-refractivity contribution is 0.306. The summed E-state index contributed by atoms with van der Waals surface area (Å²) in [6.45, 7) is 0.528. The van der Waals surface area contributed by atoms with Gasteiger partial charge in [-0.3, -0.25) is 9.51 Å². The van der Waals surface area contributed by atoms with Crippen LogP contribution in [0.2, 0.25) is 0 Å². The minimum atomic E-state index is -0.597. The molecule has 0 bridgehead atoms. The molecule has 0 amide bonds. The van der Waals surface area contributed by atoms with Crippen molar-refractivity contribution in [1.82, 2.24) is 10.1 Å². The number of nitrogens with two attached hydrogens (primary N) is 1. The van der Waals surface area contributed by atoms with E-state index in [-0.39, 0.29) is 12.4 Å². The summed E-state index contributed by atoms with van der Waals surface area (Å²) in [6.07, 6.45) is 0.543. The predicted molar refractivity (Wildman–Crippen MR) is 92.2 cm³/mol. The molecule has 1 atom stereocenters. The standard InChI is InChI=1S/C17H17N3O3.ClH/c18-15(16-19-17(21)23-20-16)10-12-6-8-14(9-7-12)22-11-13-4-2-1-3-5-13;/h1-9,15H,10-11,18H2,(H,19,20,21);1H. The number of benzene rings is 2. The van der Waals surface area contributed by atoms with Gasteiger partial charge in [0, 0.05) is 0 Å². The lowest BCUT2D eigenvalue weighted by Gasteiger charge is -2.09. The lowest BCUT2D eigenvalue weighted by atomic mass is 10.1. The van der Waals surface area contributed by atoms with Gasteiger partial charge in [-0.25, -0.2) is 4.79 Å². The van der Waals surface area contributed by atoms with Gasteiger partial charge < -0.3 is 10.5 Å². The maximum Gasteiger partial charge on any atom is 0.438 e. The SMILES string of the molecule is Cl.NC(Cc1ccc(OCc2ccccc2)cc1)c1noc(=O)[nH]1. The van der Waals surface area contributed by atoms with Gasteiger partial charge in [-0.15, -0.1) is 12.4 Å². The van der Waals surface area contributed by atoms with Crippen LogP contribution in [-0.4, -0.2) is 10.1 Å². The molecule has 1 heterocycles. The summed E-state index contributed by atoms with van der Waals surface area (Å²) >= 11 is 0. The third-order valence-corrected chi connectivity index (χ3v) is 3.44. The quantitative estimate of drug-likeness (QED) is 0.714. The van der Waals surface area contributed by atoms with E-state index in [9.17, 15) is 4.79 Å². The van der Waals surface area contributed by atoms with Crippen molar-refractivity contribution in [1.29, 1.82) is 0 Å². The van der Waals surface area contributed by atoms with E-state index < -0.39 is 11.8 Å². The highest BCUT2D eigenvalue weighted by atomic mass is 35.5. The van der Waals surface area contributed by atoms with Gasteiger partial charge in [0.1, 0.15) is 12.4 Å². The minimum Gasteiger partial charge on any atom is -0.489 e. The monoisotopic (exact) mass is 347 g/mol. The average molecular weight is 348 g/mol. The molecule has 3 aromatic rings. The van der Waals surface area contributed by atoms with E-state index in [2.05, 4.69) is 14.7 Å². The molecule has 0 aliphatic heterocycles. The van der Waals surface area contributed by atoms with Crippen molar-refractivity contribution < 1.29 is 9.26 Å². The molecular formula is C17H18ClN3O3. The largest absolute Gasteiger partial charge is 0.489 e. The molecule has 126 valence electrons. The van der Waals surface area contributed by atoms with E-state index in [0.717, 1.165) is 16.9 Å². The molecule has 0 spiro atoms. The third-order valence-electron chi connectivity index (χ3n) is 3.44. The first kappa shape index (κ1) is 17.8. The minimum absolute atomic E-state index is 0. The van der Waals surface area contributed by atoms with Gasteiger partial charge in [0.15, 0.2) is 5.82 Å². The number of halogens is 1. The highest BCUT2D eigenvalue weighted by Crippen LogP contribution is 2.17. The fraction of sp³-hybridized carbons (Fsp3) is 0.176. The molecule has 3 N–H and O–H groups in total. The van der Waals surface area contributed by atoms with Crippen molar-refractivity contribution >= 4 is 12.4 Å². The zero-order chi connectivity index (χ0) is 16.1. The Hall–Kier alpha value is -2.57. The first-order valence-electron chi connectivity index (χ1n) is 7.28. The Labute approximate surface area is 145 Å². The second kappa shape index (κ2) is 8.33. The van der Waals surface area contributed by atoms with Crippen LogP contribution in [0.4, 0.5) is 0 Å². The van der Waals surface area contributed by atoms with E-state index in [4.69, 9.17) is 10.5 Å². The summed E-state index contributed by atoms with van der Waals surface area (Å²) in [5.41, 5.74) is 8.13. The van der Waals surface area contributed by atoms with E-state index in [1.165, 1.54) is 0 Å². The number of hydrogen-bond donors (Lipinski definition) is 2. The molecule has 0 saturated carbocycles. The topological polar surface area (TPSA) is 94.1 Å². The number of nitrogens with one attached hydrogen (secondary N) is 1. The molecule has 0 radical (unpaired) electrons. The van der Waals surface area contributed by atoms with Crippen molar-refractivity contribution in [3.05, 3.63) is 82.1 Å². The Morgan fingerprint density at radius 2 is 1.79 bits per heavy atom. The Bertz CT molecular complexity index is 800. The molecule has 0 aliphatic carbocycles. The highest BCUT2D eigenvalue weighted by molar-refractivity contribution is 5.85. The number of aromatic amines is 1. The summed E-state index contributed by atoms with van der Waals surface area (Å²) < 4.78 is 10.2. The van der Waals surface area contributed by atoms with Crippen molar-refractivity contribution in [2.45, 2.75) is 19.1 Å². The third kappa shape index (κ3) is 4.71. The number of rotatable bonds is 6. The molecule has 0 aliphatic rings. The molecular weight excluding hydrogens is 330 g/mol. The van der Waals surface area contributed by atoms with Gasteiger partial charge in [0.2, 0.25) is 0 Å². The maximum atomic E-state index is 10.9. The molecule has 1 unspecified atom stereocenters. The van der Waals surface area contributed by atoms with E-state index >= 15 is 0 Å². The van der Waals surface area contributed by atoms with Gasteiger partial charge in [-0.2, -0.15) is 0 Å². The fourth-order valence-electron chi connectivity index (χ4n) is 2.21. The Morgan fingerprint density at radius 3 is 2.42 bits per heavy atom. The van der Waals surface area contributed by atoms with Crippen LogP contribution >= 0.6 is 12.4 Å². The maximum absolute atomic E-state index is 10.9. The summed E-state index contributed by atoms with van der Waals surface area (Å²) in [6, 6.07) is 17.2. The van der Waals surface area contributed by atoms with Crippen molar-refractivity contribution in [3.63, 3.8) is 0 Å². The van der Waals surface area contributed by atoms with Crippen LogP contribution in [0.25, 0.3) is 0 Å². The first-order chi connectivity index (χ1) is 11.2. The highest BCUT2D eigenvalue weighted by Gasteiger charge is 2.12. The fourth-order valence-corrected chi connectivity index (χ4v) is 2.21. The van der Waals surface area contributed by atoms with Gasteiger partial charge in [0.25, 0.3) is 0 Å². The number of aromatic nitrogens is 2. The van der Waals surface area contributed by atoms with Crippen LogP contribution in [0, 0.1) is 0 Å². The summed E-state index contributed by atoms with van der Waals surface area (Å²) in [4.78, 5) is 13.4. The molecule has 2 aromatic carbocycles. The van der Waals surface area contributed by atoms with Crippen LogP contribution in [0.3, 0.4) is 0 Å². The predicted octanol–water partition coefficient (Wildman–Crippen LogP) is 2.61. The van der Waals surface area contributed by atoms with Crippen LogP contribution < -0.4 is 16.2 Å². The van der Waals surface area contributed by atoms with Crippen molar-refractivity contribution in [2.24, 2.45) is 5.73 Å². The van der Waals surface area contributed by atoms with Crippen molar-refractivity contribution in [2.75, 3.05) is 0 Å².